The number of alkyl carbamates (subject to hydrolysis) is 1. The predicted octanol–water partition coefficient (Wildman–Crippen LogP) is 4.10. The van der Waals surface area contributed by atoms with Gasteiger partial charge in [-0.1, -0.05) is 19.1 Å². The lowest BCUT2D eigenvalue weighted by molar-refractivity contribution is -0.138. The van der Waals surface area contributed by atoms with E-state index in [1.54, 1.807) is 11.0 Å². The third kappa shape index (κ3) is 5.39. The lowest BCUT2D eigenvalue weighted by atomic mass is 9.87. The molecular formula is C20H27F3N2O3. The standard InChI is InChI=1S/C20H27F3N2O3/c1-4-14(12-24-19(27)28-3)18(26)25-9-7-15(8-10-25)16-6-5-13(2)17(11-16)20(21,22)23/h5-6,11,14-15H,4,7-10,12H2,1-3H3,(H,24,27). The summed E-state index contributed by atoms with van der Waals surface area (Å²) in [6, 6.07) is 4.51. The van der Waals surface area contributed by atoms with Gasteiger partial charge in [0.2, 0.25) is 5.91 Å². The fourth-order valence-corrected chi connectivity index (χ4v) is 3.58. The molecule has 1 atom stereocenters. The van der Waals surface area contributed by atoms with Crippen LogP contribution in [0.25, 0.3) is 0 Å². The second-order valence-electron chi connectivity index (χ2n) is 7.15. The van der Waals surface area contributed by atoms with Crippen LogP contribution >= 0.6 is 0 Å². The van der Waals surface area contributed by atoms with Crippen LogP contribution in [0.3, 0.4) is 0 Å². The molecule has 0 spiro atoms. The zero-order valence-corrected chi connectivity index (χ0v) is 16.4. The lowest BCUT2D eigenvalue weighted by Crippen LogP contribution is -2.44. The number of methoxy groups -OCH3 is 1. The molecule has 1 aliphatic heterocycles. The van der Waals surface area contributed by atoms with Gasteiger partial charge < -0.3 is 15.0 Å². The highest BCUT2D eigenvalue weighted by molar-refractivity contribution is 5.80. The van der Waals surface area contributed by atoms with Crippen molar-refractivity contribution >= 4 is 12.0 Å². The summed E-state index contributed by atoms with van der Waals surface area (Å²) in [5.74, 6) is -0.386. The number of nitrogens with zero attached hydrogens (tertiary/aromatic N) is 1. The minimum Gasteiger partial charge on any atom is -0.453 e. The molecule has 0 aliphatic carbocycles. The van der Waals surface area contributed by atoms with E-state index in [-0.39, 0.29) is 29.9 Å². The van der Waals surface area contributed by atoms with Crippen molar-refractivity contribution in [3.8, 4) is 0 Å². The minimum absolute atomic E-state index is 0.000907. The molecule has 1 aromatic rings. The first-order valence-electron chi connectivity index (χ1n) is 9.45. The van der Waals surface area contributed by atoms with Gasteiger partial charge in [-0.25, -0.2) is 4.79 Å². The van der Waals surface area contributed by atoms with Crippen molar-refractivity contribution in [2.24, 2.45) is 5.92 Å². The number of alkyl halides is 3. The Balaban J connectivity index is 1.98. The summed E-state index contributed by atoms with van der Waals surface area (Å²) in [7, 11) is 1.26. The SMILES string of the molecule is CCC(CNC(=O)OC)C(=O)N1CCC(c2ccc(C)c(C(F)(F)F)c2)CC1. The first-order chi connectivity index (χ1) is 13.2. The highest BCUT2D eigenvalue weighted by Crippen LogP contribution is 2.36. The smallest absolute Gasteiger partial charge is 0.416 e. The van der Waals surface area contributed by atoms with Crippen LogP contribution < -0.4 is 5.32 Å². The minimum atomic E-state index is -4.36. The number of hydrogen-bond donors (Lipinski definition) is 1. The number of hydrogen-bond acceptors (Lipinski definition) is 3. The van der Waals surface area contributed by atoms with Crippen molar-refractivity contribution in [2.45, 2.75) is 45.2 Å². The molecule has 1 unspecified atom stereocenters. The second kappa shape index (κ2) is 9.30. The normalized spacial score (nSPS) is 16.6. The summed E-state index contributed by atoms with van der Waals surface area (Å²) in [6.45, 7) is 4.52. The molecule has 0 bridgehead atoms. The van der Waals surface area contributed by atoms with Gasteiger partial charge in [-0.15, -0.1) is 0 Å². The third-order valence-corrected chi connectivity index (χ3v) is 5.37. The summed E-state index contributed by atoms with van der Waals surface area (Å²) < 4.78 is 44.0. The Labute approximate surface area is 163 Å². The predicted molar refractivity (Wildman–Crippen MR) is 98.9 cm³/mol. The Bertz CT molecular complexity index is 698. The fourth-order valence-electron chi connectivity index (χ4n) is 3.58. The zero-order chi connectivity index (χ0) is 20.9. The average Bonchev–Trinajstić information content (AvgIpc) is 2.67. The maximum absolute atomic E-state index is 13.2. The number of carbonyl (C=O) groups is 2. The Morgan fingerprint density at radius 2 is 1.93 bits per heavy atom. The Hall–Kier alpha value is -2.25. The number of benzene rings is 1. The summed E-state index contributed by atoms with van der Waals surface area (Å²) in [5, 5.41) is 2.55. The van der Waals surface area contributed by atoms with Crippen molar-refractivity contribution < 1.29 is 27.5 Å². The summed E-state index contributed by atoms with van der Waals surface area (Å²) >= 11 is 0. The first-order valence-corrected chi connectivity index (χ1v) is 9.45. The van der Waals surface area contributed by atoms with Gasteiger partial charge in [0, 0.05) is 19.6 Å². The van der Waals surface area contributed by atoms with Crippen LogP contribution in [0, 0.1) is 12.8 Å². The number of amides is 2. The molecule has 156 valence electrons. The zero-order valence-electron chi connectivity index (χ0n) is 16.4. The van der Waals surface area contributed by atoms with Crippen molar-refractivity contribution in [3.05, 3.63) is 34.9 Å². The van der Waals surface area contributed by atoms with Crippen molar-refractivity contribution in [1.29, 1.82) is 0 Å². The maximum Gasteiger partial charge on any atom is 0.416 e. The van der Waals surface area contributed by atoms with Gasteiger partial charge in [0.25, 0.3) is 0 Å². The van der Waals surface area contributed by atoms with E-state index in [0.717, 1.165) is 0 Å². The van der Waals surface area contributed by atoms with Gasteiger partial charge in [-0.2, -0.15) is 13.2 Å². The van der Waals surface area contributed by atoms with Crippen LogP contribution in [0.4, 0.5) is 18.0 Å². The Morgan fingerprint density at radius 1 is 1.29 bits per heavy atom. The molecule has 0 saturated carbocycles. The highest BCUT2D eigenvalue weighted by Gasteiger charge is 2.34. The number of ether oxygens (including phenoxy) is 1. The average molecular weight is 400 g/mol. The van der Waals surface area contributed by atoms with Crippen molar-refractivity contribution in [2.75, 3.05) is 26.7 Å². The van der Waals surface area contributed by atoms with Crippen LogP contribution in [0.1, 0.15) is 48.8 Å². The van der Waals surface area contributed by atoms with E-state index < -0.39 is 17.8 Å². The van der Waals surface area contributed by atoms with Crippen LogP contribution in [0.2, 0.25) is 0 Å². The Morgan fingerprint density at radius 3 is 2.46 bits per heavy atom. The molecule has 0 aromatic heterocycles. The molecule has 28 heavy (non-hydrogen) atoms. The topological polar surface area (TPSA) is 58.6 Å². The number of nitrogens with one attached hydrogen (secondary N) is 1. The summed E-state index contributed by atoms with van der Waals surface area (Å²) in [5.41, 5.74) is 0.292. The molecule has 2 rings (SSSR count). The first kappa shape index (κ1) is 22.0. The van der Waals surface area contributed by atoms with E-state index >= 15 is 0 Å². The molecule has 1 saturated heterocycles. The monoisotopic (exact) mass is 400 g/mol. The van der Waals surface area contributed by atoms with E-state index in [2.05, 4.69) is 10.1 Å². The van der Waals surface area contributed by atoms with Crippen LogP contribution in [-0.2, 0) is 15.7 Å². The molecule has 1 heterocycles. The number of carbonyl (C=O) groups excluding carboxylic acids is 2. The van der Waals surface area contributed by atoms with Gasteiger partial charge in [-0.05, 0) is 49.3 Å². The molecule has 1 aromatic carbocycles. The van der Waals surface area contributed by atoms with E-state index in [1.807, 2.05) is 6.92 Å². The van der Waals surface area contributed by atoms with E-state index in [1.165, 1.54) is 26.2 Å². The maximum atomic E-state index is 13.2. The highest BCUT2D eigenvalue weighted by atomic mass is 19.4. The number of halogens is 3. The molecule has 1 N–H and O–H groups in total. The van der Waals surface area contributed by atoms with Crippen LogP contribution in [0.15, 0.2) is 18.2 Å². The fraction of sp³-hybridized carbons (Fsp3) is 0.600. The third-order valence-electron chi connectivity index (χ3n) is 5.37. The number of piperidine rings is 1. The number of aryl methyl sites for hydroxylation is 1. The quantitative estimate of drug-likeness (QED) is 0.810. The van der Waals surface area contributed by atoms with Crippen molar-refractivity contribution in [1.82, 2.24) is 10.2 Å². The van der Waals surface area contributed by atoms with Crippen LogP contribution in [0.5, 0.6) is 0 Å². The Kier molecular flexibility index (Phi) is 7.32. The molecule has 0 radical (unpaired) electrons. The number of likely N-dealkylation sites (tertiary alicyclic amines) is 1. The summed E-state index contributed by atoms with van der Waals surface area (Å²) in [4.78, 5) is 25.6. The van der Waals surface area contributed by atoms with E-state index in [9.17, 15) is 22.8 Å². The lowest BCUT2D eigenvalue weighted by Gasteiger charge is -2.34. The van der Waals surface area contributed by atoms with Gasteiger partial charge in [0.1, 0.15) is 0 Å². The van der Waals surface area contributed by atoms with Gasteiger partial charge >= 0.3 is 12.3 Å². The van der Waals surface area contributed by atoms with Crippen molar-refractivity contribution in [3.63, 3.8) is 0 Å². The van der Waals surface area contributed by atoms with E-state index in [0.29, 0.717) is 37.9 Å². The van der Waals surface area contributed by atoms with Gasteiger partial charge in [0.15, 0.2) is 0 Å². The van der Waals surface area contributed by atoms with E-state index in [4.69, 9.17) is 0 Å². The van der Waals surface area contributed by atoms with Crippen LogP contribution in [-0.4, -0.2) is 43.6 Å². The molecule has 5 nitrogen and oxygen atoms in total. The molecule has 8 heteroatoms. The largest absolute Gasteiger partial charge is 0.453 e. The van der Waals surface area contributed by atoms with Gasteiger partial charge in [-0.3, -0.25) is 4.79 Å². The molecule has 2 amide bonds. The molecule has 1 fully saturated rings. The second-order valence-corrected chi connectivity index (χ2v) is 7.15. The molecule has 1 aliphatic rings. The molecular weight excluding hydrogens is 373 g/mol. The summed E-state index contributed by atoms with van der Waals surface area (Å²) in [6.07, 6.45) is -3.13. The van der Waals surface area contributed by atoms with Gasteiger partial charge in [0.05, 0.1) is 18.6 Å². The number of rotatable bonds is 5.